The van der Waals surface area contributed by atoms with Crippen LogP contribution in [0.3, 0.4) is 0 Å². The molecule has 1 atom stereocenters. The van der Waals surface area contributed by atoms with Crippen molar-refractivity contribution in [3.8, 4) is 0 Å². The summed E-state index contributed by atoms with van der Waals surface area (Å²) in [4.78, 5) is 0. The smallest absolute Gasteiger partial charge is 0.213 e. The molecule has 0 radical (unpaired) electrons. The summed E-state index contributed by atoms with van der Waals surface area (Å²) >= 11 is 0. The molecule has 0 aromatic carbocycles. The van der Waals surface area contributed by atoms with Gasteiger partial charge in [0.25, 0.3) is 0 Å². The zero-order valence-corrected chi connectivity index (χ0v) is 11.1. The fourth-order valence-corrected chi connectivity index (χ4v) is 4.11. The zero-order chi connectivity index (χ0) is 12.3. The third-order valence-electron chi connectivity index (χ3n) is 3.43. The van der Waals surface area contributed by atoms with Gasteiger partial charge >= 0.3 is 0 Å². The lowest BCUT2D eigenvalue weighted by molar-refractivity contribution is -0.00476. The molecule has 2 aliphatic rings. The van der Waals surface area contributed by atoms with E-state index >= 15 is 0 Å². The number of hydrogen-bond acceptors (Lipinski definition) is 4. The molecule has 1 saturated heterocycles. The molecule has 100 valence electrons. The average Bonchev–Trinajstić information content (AvgIpc) is 2.66. The second kappa shape index (κ2) is 5.65. The third kappa shape index (κ3) is 3.91. The Hall–Kier alpha value is -0.170. The zero-order valence-electron chi connectivity index (χ0n) is 10.3. The minimum Gasteiger partial charge on any atom is -0.378 e. The van der Waals surface area contributed by atoms with Gasteiger partial charge in [0.1, 0.15) is 0 Å². The van der Waals surface area contributed by atoms with Crippen molar-refractivity contribution in [3.05, 3.63) is 0 Å². The van der Waals surface area contributed by atoms with E-state index in [4.69, 9.17) is 4.74 Å². The molecule has 2 rings (SSSR count). The molecule has 0 aromatic heterocycles. The molecule has 0 aromatic rings. The summed E-state index contributed by atoms with van der Waals surface area (Å²) in [6.45, 7) is 3.61. The highest BCUT2D eigenvalue weighted by Gasteiger charge is 2.33. The van der Waals surface area contributed by atoms with Gasteiger partial charge in [0, 0.05) is 18.7 Å². The van der Waals surface area contributed by atoms with Crippen LogP contribution in [0, 0.1) is 0 Å². The summed E-state index contributed by atoms with van der Waals surface area (Å²) in [5.41, 5.74) is 0. The van der Waals surface area contributed by atoms with Crippen molar-refractivity contribution in [1.82, 2.24) is 10.0 Å². The summed E-state index contributed by atoms with van der Waals surface area (Å²) in [5, 5.41) is 3.21. The summed E-state index contributed by atoms with van der Waals surface area (Å²) in [5.74, 6) is 0.211. The van der Waals surface area contributed by atoms with Crippen molar-refractivity contribution in [2.24, 2.45) is 0 Å². The third-order valence-corrected chi connectivity index (χ3v) is 4.96. The first-order valence-corrected chi connectivity index (χ1v) is 8.09. The van der Waals surface area contributed by atoms with Gasteiger partial charge in [-0.1, -0.05) is 0 Å². The topological polar surface area (TPSA) is 67.4 Å². The van der Waals surface area contributed by atoms with E-state index < -0.39 is 10.0 Å². The van der Waals surface area contributed by atoms with Gasteiger partial charge in [0.15, 0.2) is 0 Å². The van der Waals surface area contributed by atoms with Gasteiger partial charge in [0.05, 0.1) is 11.9 Å². The van der Waals surface area contributed by atoms with Crippen molar-refractivity contribution >= 4 is 10.0 Å². The largest absolute Gasteiger partial charge is 0.378 e. The van der Waals surface area contributed by atoms with Gasteiger partial charge in [-0.15, -0.1) is 0 Å². The molecule has 0 spiro atoms. The summed E-state index contributed by atoms with van der Waals surface area (Å²) in [6.07, 6.45) is 3.91. The molecule has 2 fully saturated rings. The molecule has 1 saturated carbocycles. The lowest BCUT2D eigenvalue weighted by Crippen LogP contribution is -2.49. The quantitative estimate of drug-likeness (QED) is 0.719. The van der Waals surface area contributed by atoms with E-state index in [0.29, 0.717) is 6.61 Å². The minimum atomic E-state index is -3.13. The van der Waals surface area contributed by atoms with E-state index in [1.165, 1.54) is 0 Å². The second-order valence-electron chi connectivity index (χ2n) is 4.94. The van der Waals surface area contributed by atoms with Gasteiger partial charge in [-0.3, -0.25) is 0 Å². The second-order valence-corrected chi connectivity index (χ2v) is 6.74. The van der Waals surface area contributed by atoms with Gasteiger partial charge in [0.2, 0.25) is 10.0 Å². The molecule has 0 bridgehead atoms. The minimum absolute atomic E-state index is 0.0814. The first kappa shape index (κ1) is 13.3. The highest BCUT2D eigenvalue weighted by Crippen LogP contribution is 2.24. The van der Waals surface area contributed by atoms with Crippen molar-refractivity contribution < 1.29 is 13.2 Å². The predicted molar refractivity (Wildman–Crippen MR) is 66.4 cm³/mol. The van der Waals surface area contributed by atoms with E-state index in [2.05, 4.69) is 10.0 Å². The fourth-order valence-electron chi connectivity index (χ4n) is 2.50. The lowest BCUT2D eigenvalue weighted by atomic mass is 9.90. The van der Waals surface area contributed by atoms with E-state index in [-0.39, 0.29) is 23.9 Å². The molecule has 17 heavy (non-hydrogen) atoms. The average molecular weight is 262 g/mol. The molecular weight excluding hydrogens is 240 g/mol. The Morgan fingerprint density at radius 3 is 2.76 bits per heavy atom. The highest BCUT2D eigenvalue weighted by atomic mass is 32.2. The standard InChI is InChI=1S/C11H22N2O3S/c1-2-16-11-6-10(7-11)13-17(14,15)8-9-4-3-5-12-9/h9-13H,2-8H2,1H3. The normalized spacial score (nSPS) is 33.6. The van der Waals surface area contributed by atoms with E-state index in [1.54, 1.807) is 0 Å². The van der Waals surface area contributed by atoms with Gasteiger partial charge in [-0.25, -0.2) is 13.1 Å². The maximum absolute atomic E-state index is 11.9. The molecule has 1 heterocycles. The number of sulfonamides is 1. The summed E-state index contributed by atoms with van der Waals surface area (Å²) in [6, 6.07) is 0.216. The van der Waals surface area contributed by atoms with Gasteiger partial charge in [-0.05, 0) is 39.2 Å². The fraction of sp³-hybridized carbons (Fsp3) is 1.00. The van der Waals surface area contributed by atoms with Crippen LogP contribution < -0.4 is 10.0 Å². The van der Waals surface area contributed by atoms with Crippen molar-refractivity contribution in [1.29, 1.82) is 0 Å². The number of ether oxygens (including phenoxy) is 1. The molecular formula is C11H22N2O3S. The molecule has 2 N–H and O–H groups in total. The Kier molecular flexibility index (Phi) is 4.41. The Bertz CT molecular complexity index is 333. The molecule has 1 unspecified atom stereocenters. The van der Waals surface area contributed by atoms with Crippen LogP contribution >= 0.6 is 0 Å². The van der Waals surface area contributed by atoms with Crippen LogP contribution in [0.25, 0.3) is 0 Å². The first-order valence-electron chi connectivity index (χ1n) is 6.44. The molecule has 6 heteroatoms. The lowest BCUT2D eigenvalue weighted by Gasteiger charge is -2.35. The predicted octanol–water partition coefficient (Wildman–Crippen LogP) is 0.225. The van der Waals surface area contributed by atoms with Gasteiger partial charge < -0.3 is 10.1 Å². The van der Waals surface area contributed by atoms with Crippen LogP contribution in [0.5, 0.6) is 0 Å². The maximum atomic E-state index is 11.9. The Morgan fingerprint density at radius 2 is 2.18 bits per heavy atom. The number of hydrogen-bond donors (Lipinski definition) is 2. The first-order chi connectivity index (χ1) is 8.09. The van der Waals surface area contributed by atoms with Crippen LogP contribution in [-0.2, 0) is 14.8 Å². The van der Waals surface area contributed by atoms with Gasteiger partial charge in [-0.2, -0.15) is 0 Å². The monoisotopic (exact) mass is 262 g/mol. The summed E-state index contributed by atoms with van der Waals surface area (Å²) in [7, 11) is -3.13. The Balaban J connectivity index is 1.71. The van der Waals surface area contributed by atoms with E-state index in [0.717, 1.165) is 32.2 Å². The Labute approximate surface area is 103 Å². The van der Waals surface area contributed by atoms with Crippen LogP contribution in [0.2, 0.25) is 0 Å². The van der Waals surface area contributed by atoms with E-state index in [1.807, 2.05) is 6.92 Å². The maximum Gasteiger partial charge on any atom is 0.213 e. The Morgan fingerprint density at radius 1 is 1.41 bits per heavy atom. The number of rotatable bonds is 6. The van der Waals surface area contributed by atoms with Crippen LogP contribution in [0.1, 0.15) is 32.6 Å². The van der Waals surface area contributed by atoms with Crippen molar-refractivity contribution in [3.63, 3.8) is 0 Å². The summed E-state index contributed by atoms with van der Waals surface area (Å²) < 4.78 is 31.9. The molecule has 5 nitrogen and oxygen atoms in total. The van der Waals surface area contributed by atoms with Crippen molar-refractivity contribution in [2.45, 2.75) is 50.8 Å². The molecule has 1 aliphatic heterocycles. The van der Waals surface area contributed by atoms with Crippen LogP contribution in [0.15, 0.2) is 0 Å². The van der Waals surface area contributed by atoms with E-state index in [9.17, 15) is 8.42 Å². The highest BCUT2D eigenvalue weighted by molar-refractivity contribution is 7.89. The SMILES string of the molecule is CCOC1CC(NS(=O)(=O)CC2CCCN2)C1. The van der Waals surface area contributed by atoms with Crippen molar-refractivity contribution in [2.75, 3.05) is 18.9 Å². The van der Waals surface area contributed by atoms with Crippen LogP contribution in [0.4, 0.5) is 0 Å². The number of nitrogens with one attached hydrogen (secondary N) is 2. The molecule has 0 amide bonds. The molecule has 1 aliphatic carbocycles. The van der Waals surface area contributed by atoms with Crippen LogP contribution in [-0.4, -0.2) is 45.5 Å².